The molecule has 13 heavy (non-hydrogen) atoms. The van der Waals surface area contributed by atoms with Gasteiger partial charge in [-0.25, -0.2) is 9.78 Å². The van der Waals surface area contributed by atoms with Crippen molar-refractivity contribution in [1.82, 2.24) is 10.1 Å². The van der Waals surface area contributed by atoms with Crippen LogP contribution in [0.2, 0.25) is 0 Å². The molecule has 1 aromatic rings. The number of ether oxygens (including phenoxy) is 1. The fraction of sp³-hybridized carbons (Fsp3) is 0.750. The van der Waals surface area contributed by atoms with E-state index in [1.54, 1.807) is 0 Å². The normalized spacial score (nSPS) is 18.8. The van der Waals surface area contributed by atoms with Crippen molar-refractivity contribution >= 4 is 0 Å². The molecule has 2 rings (SSSR count). The highest BCUT2D eigenvalue weighted by Crippen LogP contribution is 2.20. The fourth-order valence-electron chi connectivity index (χ4n) is 1.61. The second-order valence-electron chi connectivity index (χ2n) is 3.28. The third-order valence-electron chi connectivity index (χ3n) is 2.25. The molecule has 0 aliphatic heterocycles. The SMILES string of the molecule is O=c1[nH]c(OC2CCCCC2)no1. The molecule has 0 saturated heterocycles. The summed E-state index contributed by atoms with van der Waals surface area (Å²) >= 11 is 0. The van der Waals surface area contributed by atoms with Crippen LogP contribution in [-0.4, -0.2) is 16.2 Å². The van der Waals surface area contributed by atoms with Crippen LogP contribution < -0.4 is 10.5 Å². The van der Waals surface area contributed by atoms with Gasteiger partial charge in [0.1, 0.15) is 6.10 Å². The van der Waals surface area contributed by atoms with E-state index in [2.05, 4.69) is 14.7 Å². The summed E-state index contributed by atoms with van der Waals surface area (Å²) in [6.45, 7) is 0. The van der Waals surface area contributed by atoms with E-state index in [-0.39, 0.29) is 12.1 Å². The molecular formula is C8H12N2O3. The van der Waals surface area contributed by atoms with Crippen LogP contribution in [0.15, 0.2) is 9.32 Å². The Balaban J connectivity index is 1.93. The summed E-state index contributed by atoms with van der Waals surface area (Å²) in [6.07, 6.45) is 5.91. The maximum absolute atomic E-state index is 10.6. The summed E-state index contributed by atoms with van der Waals surface area (Å²) in [5.41, 5.74) is 0. The highest BCUT2D eigenvalue weighted by atomic mass is 16.6. The lowest BCUT2D eigenvalue weighted by Gasteiger charge is -2.20. The number of aromatic nitrogens is 2. The summed E-state index contributed by atoms with van der Waals surface area (Å²) in [6, 6.07) is 0.205. The lowest BCUT2D eigenvalue weighted by atomic mass is 9.98. The quantitative estimate of drug-likeness (QED) is 0.746. The molecule has 1 saturated carbocycles. The summed E-state index contributed by atoms with van der Waals surface area (Å²) in [5.74, 6) is -0.564. The number of nitrogens with zero attached hydrogens (tertiary/aromatic N) is 1. The van der Waals surface area contributed by atoms with Crippen molar-refractivity contribution in [3.63, 3.8) is 0 Å². The van der Waals surface area contributed by atoms with Crippen LogP contribution in [0.4, 0.5) is 0 Å². The summed E-state index contributed by atoms with van der Waals surface area (Å²) in [4.78, 5) is 12.9. The molecule has 0 atom stereocenters. The zero-order valence-corrected chi connectivity index (χ0v) is 7.28. The Morgan fingerprint density at radius 1 is 1.38 bits per heavy atom. The summed E-state index contributed by atoms with van der Waals surface area (Å²) < 4.78 is 9.74. The molecule has 1 aliphatic carbocycles. The van der Waals surface area contributed by atoms with Gasteiger partial charge < -0.3 is 4.74 Å². The average Bonchev–Trinajstić information content (AvgIpc) is 2.53. The topological polar surface area (TPSA) is 68.1 Å². The first kappa shape index (κ1) is 8.34. The third kappa shape index (κ3) is 2.11. The van der Waals surface area contributed by atoms with Gasteiger partial charge in [0.05, 0.1) is 0 Å². The van der Waals surface area contributed by atoms with Crippen LogP contribution in [0, 0.1) is 0 Å². The van der Waals surface area contributed by atoms with E-state index in [0.29, 0.717) is 0 Å². The maximum atomic E-state index is 10.6. The van der Waals surface area contributed by atoms with Crippen molar-refractivity contribution in [2.45, 2.75) is 38.2 Å². The summed E-state index contributed by atoms with van der Waals surface area (Å²) in [7, 11) is 0. The first-order valence-corrected chi connectivity index (χ1v) is 4.57. The van der Waals surface area contributed by atoms with Crippen LogP contribution in [0.25, 0.3) is 0 Å². The molecular weight excluding hydrogens is 172 g/mol. The Kier molecular flexibility index (Phi) is 2.33. The Morgan fingerprint density at radius 3 is 2.77 bits per heavy atom. The van der Waals surface area contributed by atoms with Gasteiger partial charge in [-0.15, -0.1) is 0 Å². The fourth-order valence-corrected chi connectivity index (χ4v) is 1.61. The second-order valence-corrected chi connectivity index (χ2v) is 3.28. The Labute approximate surface area is 75.1 Å². The molecule has 1 fully saturated rings. The molecule has 0 radical (unpaired) electrons. The number of aromatic amines is 1. The molecule has 0 amide bonds. The predicted molar refractivity (Wildman–Crippen MR) is 44.6 cm³/mol. The Bertz CT molecular complexity index is 311. The highest BCUT2D eigenvalue weighted by Gasteiger charge is 2.16. The largest absolute Gasteiger partial charge is 0.459 e. The van der Waals surface area contributed by atoms with Crippen LogP contribution in [-0.2, 0) is 0 Å². The lowest BCUT2D eigenvalue weighted by Crippen LogP contribution is -2.20. The zero-order valence-electron chi connectivity index (χ0n) is 7.28. The van der Waals surface area contributed by atoms with Gasteiger partial charge in [0.25, 0.3) is 0 Å². The number of hydrogen-bond acceptors (Lipinski definition) is 4. The smallest absolute Gasteiger partial charge is 0.441 e. The molecule has 5 nitrogen and oxygen atoms in total. The van der Waals surface area contributed by atoms with E-state index in [0.717, 1.165) is 12.8 Å². The van der Waals surface area contributed by atoms with Gasteiger partial charge in [-0.2, -0.15) is 0 Å². The monoisotopic (exact) mass is 184 g/mol. The minimum absolute atomic E-state index is 0.189. The standard InChI is InChI=1S/C8H12N2O3/c11-8-9-7(10-13-8)12-6-4-2-1-3-5-6/h6H,1-5H2,(H,9,10,11). The van der Waals surface area contributed by atoms with Crippen molar-refractivity contribution in [3.8, 4) is 6.01 Å². The first-order valence-electron chi connectivity index (χ1n) is 4.57. The lowest BCUT2D eigenvalue weighted by molar-refractivity contribution is 0.137. The highest BCUT2D eigenvalue weighted by molar-refractivity contribution is 4.86. The van der Waals surface area contributed by atoms with Crippen LogP contribution in [0.5, 0.6) is 6.01 Å². The van der Waals surface area contributed by atoms with E-state index in [1.165, 1.54) is 19.3 Å². The van der Waals surface area contributed by atoms with Gasteiger partial charge in [0.2, 0.25) is 0 Å². The maximum Gasteiger partial charge on any atom is 0.441 e. The third-order valence-corrected chi connectivity index (χ3v) is 2.25. The van der Waals surface area contributed by atoms with Gasteiger partial charge in [0, 0.05) is 0 Å². The number of hydrogen-bond donors (Lipinski definition) is 1. The Morgan fingerprint density at radius 2 is 2.15 bits per heavy atom. The predicted octanol–water partition coefficient (Wildman–Crippen LogP) is 1.07. The van der Waals surface area contributed by atoms with Crippen molar-refractivity contribution in [3.05, 3.63) is 10.6 Å². The van der Waals surface area contributed by atoms with Crippen molar-refractivity contribution < 1.29 is 9.26 Å². The minimum atomic E-state index is -0.564. The van der Waals surface area contributed by atoms with Gasteiger partial charge in [-0.1, -0.05) is 6.42 Å². The van der Waals surface area contributed by atoms with E-state index in [1.807, 2.05) is 0 Å². The second kappa shape index (κ2) is 3.64. The molecule has 0 bridgehead atoms. The molecule has 1 aliphatic rings. The number of nitrogens with one attached hydrogen (secondary N) is 1. The number of rotatable bonds is 2. The van der Waals surface area contributed by atoms with E-state index in [9.17, 15) is 4.79 Å². The van der Waals surface area contributed by atoms with Crippen molar-refractivity contribution in [2.24, 2.45) is 0 Å². The molecule has 1 N–H and O–H groups in total. The van der Waals surface area contributed by atoms with Crippen LogP contribution >= 0.6 is 0 Å². The van der Waals surface area contributed by atoms with Crippen molar-refractivity contribution in [1.29, 1.82) is 0 Å². The number of H-pyrrole nitrogens is 1. The molecule has 0 unspecified atom stereocenters. The average molecular weight is 184 g/mol. The van der Waals surface area contributed by atoms with E-state index >= 15 is 0 Å². The minimum Gasteiger partial charge on any atom is -0.459 e. The Hall–Kier alpha value is -1.26. The molecule has 0 aromatic carbocycles. The van der Waals surface area contributed by atoms with Gasteiger partial charge in [-0.3, -0.25) is 4.52 Å². The molecule has 0 spiro atoms. The molecule has 5 heteroatoms. The molecule has 1 aromatic heterocycles. The van der Waals surface area contributed by atoms with Crippen LogP contribution in [0.3, 0.4) is 0 Å². The first-order chi connectivity index (χ1) is 6.34. The zero-order chi connectivity index (χ0) is 9.10. The van der Waals surface area contributed by atoms with Gasteiger partial charge in [-0.05, 0) is 30.8 Å². The molecule has 1 heterocycles. The van der Waals surface area contributed by atoms with E-state index < -0.39 is 5.76 Å². The van der Waals surface area contributed by atoms with Gasteiger partial charge >= 0.3 is 11.8 Å². The van der Waals surface area contributed by atoms with Gasteiger partial charge in [0.15, 0.2) is 0 Å². The van der Waals surface area contributed by atoms with Crippen LogP contribution in [0.1, 0.15) is 32.1 Å². The van der Waals surface area contributed by atoms with Crippen molar-refractivity contribution in [2.75, 3.05) is 0 Å². The van der Waals surface area contributed by atoms with E-state index in [4.69, 9.17) is 4.74 Å². The summed E-state index contributed by atoms with van der Waals surface area (Å²) in [5, 5.41) is 3.44. The molecule has 72 valence electrons.